The zero-order valence-electron chi connectivity index (χ0n) is 7.51. The molecule has 1 aliphatic rings. The minimum atomic E-state index is -4.32. The lowest BCUT2D eigenvalue weighted by Crippen LogP contribution is -2.14. The summed E-state index contributed by atoms with van der Waals surface area (Å²) in [7, 11) is 0. The lowest BCUT2D eigenvalue weighted by molar-refractivity contribution is -0.141. The van der Waals surface area contributed by atoms with E-state index in [0.717, 1.165) is 25.3 Å². The molecule has 0 aromatic carbocycles. The maximum atomic E-state index is 12.3. The summed E-state index contributed by atoms with van der Waals surface area (Å²) in [5.41, 5.74) is -0.187. The van der Waals surface area contributed by atoms with Gasteiger partial charge in [0.25, 0.3) is 0 Å². The molecule has 1 heterocycles. The normalized spacial score (nSPS) is 17.9. The van der Waals surface area contributed by atoms with Crippen LogP contribution in [-0.4, -0.2) is 4.98 Å². The summed E-state index contributed by atoms with van der Waals surface area (Å²) in [6.07, 6.45) is -1.29. The Morgan fingerprint density at radius 1 is 1.21 bits per heavy atom. The number of hydrogen-bond donors (Lipinski definition) is 0. The Balaban J connectivity index is 2.26. The smallest absolute Gasteiger partial charge is 0.248 e. The first kappa shape index (κ1) is 9.49. The van der Waals surface area contributed by atoms with Crippen LogP contribution in [0.1, 0.15) is 36.6 Å². The third kappa shape index (κ3) is 1.74. The summed E-state index contributed by atoms with van der Waals surface area (Å²) in [4.78, 5) is 3.64. The van der Waals surface area contributed by atoms with Gasteiger partial charge in [0.1, 0.15) is 5.69 Å². The Bertz CT molecular complexity index is 328. The second-order valence-corrected chi connectivity index (χ2v) is 3.57. The van der Waals surface area contributed by atoms with Crippen LogP contribution in [0.25, 0.3) is 0 Å². The maximum Gasteiger partial charge on any atom is 0.433 e. The number of aromatic nitrogens is 1. The second-order valence-electron chi connectivity index (χ2n) is 3.57. The standard InChI is InChI=1S/C10H10F3N/c11-10(12,13)9-6-2-5-8(14-9)7-3-1-4-7/h2,5-7H,1,3-4H2. The zero-order valence-corrected chi connectivity index (χ0v) is 7.51. The van der Waals surface area contributed by atoms with Crippen molar-refractivity contribution in [2.75, 3.05) is 0 Å². The van der Waals surface area contributed by atoms with Crippen molar-refractivity contribution >= 4 is 0 Å². The van der Waals surface area contributed by atoms with E-state index in [1.54, 1.807) is 6.07 Å². The van der Waals surface area contributed by atoms with Crippen molar-refractivity contribution in [2.24, 2.45) is 0 Å². The van der Waals surface area contributed by atoms with Crippen LogP contribution in [0, 0.1) is 0 Å². The van der Waals surface area contributed by atoms with Crippen molar-refractivity contribution in [1.82, 2.24) is 4.98 Å². The van der Waals surface area contributed by atoms with Gasteiger partial charge < -0.3 is 0 Å². The minimum Gasteiger partial charge on any atom is -0.248 e. The predicted octanol–water partition coefficient (Wildman–Crippen LogP) is 3.37. The van der Waals surface area contributed by atoms with Gasteiger partial charge in [-0.15, -0.1) is 0 Å². The van der Waals surface area contributed by atoms with Crippen LogP contribution in [0.5, 0.6) is 0 Å². The molecule has 1 nitrogen and oxygen atoms in total. The number of hydrogen-bond acceptors (Lipinski definition) is 1. The van der Waals surface area contributed by atoms with Gasteiger partial charge in [0.15, 0.2) is 0 Å². The fourth-order valence-electron chi connectivity index (χ4n) is 1.54. The first-order valence-corrected chi connectivity index (χ1v) is 4.61. The molecule has 1 saturated carbocycles. The van der Waals surface area contributed by atoms with Gasteiger partial charge in [-0.2, -0.15) is 13.2 Å². The summed E-state index contributed by atoms with van der Waals surface area (Å²) in [5, 5.41) is 0. The van der Waals surface area contributed by atoms with Gasteiger partial charge in [-0.3, -0.25) is 0 Å². The molecule has 1 aliphatic carbocycles. The Morgan fingerprint density at radius 3 is 2.43 bits per heavy atom. The lowest BCUT2D eigenvalue weighted by atomic mass is 9.82. The Hall–Kier alpha value is -1.06. The predicted molar refractivity (Wildman–Crippen MR) is 45.8 cm³/mol. The molecular formula is C10H10F3N. The Morgan fingerprint density at radius 2 is 1.93 bits per heavy atom. The number of pyridine rings is 1. The average molecular weight is 201 g/mol. The molecule has 4 heteroatoms. The topological polar surface area (TPSA) is 12.9 Å². The number of halogens is 3. The van der Waals surface area contributed by atoms with Crippen LogP contribution < -0.4 is 0 Å². The first-order chi connectivity index (χ1) is 6.57. The van der Waals surface area contributed by atoms with Crippen molar-refractivity contribution in [3.8, 4) is 0 Å². The summed E-state index contributed by atoms with van der Waals surface area (Å²) in [5.74, 6) is 0.248. The molecule has 0 aliphatic heterocycles. The van der Waals surface area contributed by atoms with Crippen molar-refractivity contribution in [1.29, 1.82) is 0 Å². The molecule has 0 N–H and O–H groups in total. The lowest BCUT2D eigenvalue weighted by Gasteiger charge is -2.25. The monoisotopic (exact) mass is 201 g/mol. The molecule has 0 spiro atoms. The maximum absolute atomic E-state index is 12.3. The summed E-state index contributed by atoms with van der Waals surface area (Å²) < 4.78 is 36.9. The molecule has 0 atom stereocenters. The molecule has 0 radical (unpaired) electrons. The largest absolute Gasteiger partial charge is 0.433 e. The van der Waals surface area contributed by atoms with E-state index in [1.807, 2.05) is 0 Å². The Kier molecular flexibility index (Phi) is 2.21. The SMILES string of the molecule is FC(F)(F)c1cccc(C2CCC2)n1. The van der Waals surface area contributed by atoms with E-state index in [9.17, 15) is 13.2 Å². The second kappa shape index (κ2) is 3.26. The highest BCUT2D eigenvalue weighted by Crippen LogP contribution is 2.36. The van der Waals surface area contributed by atoms with Gasteiger partial charge in [0, 0.05) is 11.6 Å². The molecule has 0 saturated heterocycles. The average Bonchev–Trinajstić information content (AvgIpc) is 2.00. The van der Waals surface area contributed by atoms with Gasteiger partial charge in [-0.05, 0) is 25.0 Å². The van der Waals surface area contributed by atoms with Crippen LogP contribution in [0.15, 0.2) is 18.2 Å². The van der Waals surface area contributed by atoms with Gasteiger partial charge >= 0.3 is 6.18 Å². The fraction of sp³-hybridized carbons (Fsp3) is 0.500. The van der Waals surface area contributed by atoms with E-state index in [0.29, 0.717) is 5.69 Å². The van der Waals surface area contributed by atoms with Crippen molar-refractivity contribution in [3.63, 3.8) is 0 Å². The molecule has 0 bridgehead atoms. The van der Waals surface area contributed by atoms with Crippen LogP contribution in [-0.2, 0) is 6.18 Å². The van der Waals surface area contributed by atoms with Crippen LogP contribution in [0.3, 0.4) is 0 Å². The molecular weight excluding hydrogens is 191 g/mol. The van der Waals surface area contributed by atoms with E-state index in [-0.39, 0.29) is 5.92 Å². The van der Waals surface area contributed by atoms with Gasteiger partial charge in [0.05, 0.1) is 0 Å². The highest BCUT2D eigenvalue weighted by atomic mass is 19.4. The quantitative estimate of drug-likeness (QED) is 0.678. The van der Waals surface area contributed by atoms with E-state index in [2.05, 4.69) is 4.98 Å². The summed E-state index contributed by atoms with van der Waals surface area (Å²) >= 11 is 0. The van der Waals surface area contributed by atoms with Crippen LogP contribution in [0.4, 0.5) is 13.2 Å². The molecule has 76 valence electrons. The molecule has 1 fully saturated rings. The van der Waals surface area contributed by atoms with Crippen LogP contribution in [0.2, 0.25) is 0 Å². The van der Waals surface area contributed by atoms with Crippen molar-refractivity contribution in [3.05, 3.63) is 29.6 Å². The number of nitrogens with zero attached hydrogens (tertiary/aromatic N) is 1. The summed E-state index contributed by atoms with van der Waals surface area (Å²) in [6.45, 7) is 0. The minimum absolute atomic E-state index is 0.248. The highest BCUT2D eigenvalue weighted by Gasteiger charge is 2.33. The van der Waals surface area contributed by atoms with E-state index in [4.69, 9.17) is 0 Å². The zero-order chi connectivity index (χ0) is 10.2. The molecule has 1 aromatic heterocycles. The summed E-state index contributed by atoms with van der Waals surface area (Å²) in [6, 6.07) is 4.13. The van der Waals surface area contributed by atoms with E-state index >= 15 is 0 Å². The Labute approximate surface area is 80.0 Å². The van der Waals surface area contributed by atoms with Gasteiger partial charge in [0.2, 0.25) is 0 Å². The molecule has 0 unspecified atom stereocenters. The van der Waals surface area contributed by atoms with E-state index < -0.39 is 11.9 Å². The molecule has 1 aromatic rings. The third-order valence-electron chi connectivity index (χ3n) is 2.58. The molecule has 2 rings (SSSR count). The third-order valence-corrected chi connectivity index (χ3v) is 2.58. The van der Waals surface area contributed by atoms with Crippen molar-refractivity contribution in [2.45, 2.75) is 31.4 Å². The molecule has 0 amide bonds. The first-order valence-electron chi connectivity index (χ1n) is 4.61. The molecule has 14 heavy (non-hydrogen) atoms. The number of alkyl halides is 3. The fourth-order valence-corrected chi connectivity index (χ4v) is 1.54. The van der Waals surface area contributed by atoms with Gasteiger partial charge in [-0.1, -0.05) is 12.5 Å². The highest BCUT2D eigenvalue weighted by molar-refractivity contribution is 5.18. The van der Waals surface area contributed by atoms with Gasteiger partial charge in [-0.25, -0.2) is 4.98 Å². The van der Waals surface area contributed by atoms with Crippen LogP contribution >= 0.6 is 0 Å². The van der Waals surface area contributed by atoms with Crippen molar-refractivity contribution < 1.29 is 13.2 Å². The number of rotatable bonds is 1. The van der Waals surface area contributed by atoms with E-state index in [1.165, 1.54) is 6.07 Å².